The van der Waals surface area contributed by atoms with Crippen LogP contribution in [0.15, 0.2) is 29.1 Å². The van der Waals surface area contributed by atoms with E-state index >= 15 is 0 Å². The third kappa shape index (κ3) is 2.77. The Morgan fingerprint density at radius 3 is 3.05 bits per heavy atom. The Balaban J connectivity index is 1.82. The minimum absolute atomic E-state index is 0.0469. The summed E-state index contributed by atoms with van der Waals surface area (Å²) in [7, 11) is 0. The first-order valence-corrected chi connectivity index (χ1v) is 7.18. The number of nitrogens with zero attached hydrogens (tertiary/aromatic N) is 6. The van der Waals surface area contributed by atoms with E-state index in [0.29, 0.717) is 16.1 Å². The smallest absolute Gasteiger partial charge is 0.296 e. The third-order valence-corrected chi connectivity index (χ3v) is 3.30. The van der Waals surface area contributed by atoms with Crippen molar-refractivity contribution in [1.82, 2.24) is 29.4 Å². The Morgan fingerprint density at radius 1 is 1.43 bits per heavy atom. The van der Waals surface area contributed by atoms with Crippen LogP contribution in [0.2, 0.25) is 0 Å². The van der Waals surface area contributed by atoms with E-state index in [1.807, 2.05) is 6.20 Å². The number of halogens is 1. The van der Waals surface area contributed by atoms with E-state index in [1.54, 1.807) is 23.1 Å². The molecule has 0 aromatic carbocycles. The first kappa shape index (κ1) is 13.7. The predicted octanol–water partition coefficient (Wildman–Crippen LogP) is 1.75. The molecule has 0 fully saturated rings. The van der Waals surface area contributed by atoms with E-state index in [1.165, 1.54) is 4.52 Å². The topological polar surface area (TPSA) is 90.0 Å². The SMILES string of the molecule is CCCn1cc(Br)c(NC(=O)c2nc3ncccn3n2)n1. The van der Waals surface area contributed by atoms with E-state index in [0.717, 1.165) is 13.0 Å². The number of fused-ring (bicyclic) bond motifs is 1. The highest BCUT2D eigenvalue weighted by atomic mass is 79.9. The largest absolute Gasteiger partial charge is 0.301 e. The molecule has 1 amide bonds. The second-order valence-corrected chi connectivity index (χ2v) is 5.20. The molecule has 3 heterocycles. The number of hydrogen-bond acceptors (Lipinski definition) is 5. The van der Waals surface area contributed by atoms with E-state index in [9.17, 15) is 4.79 Å². The van der Waals surface area contributed by atoms with Gasteiger partial charge in [0.1, 0.15) is 0 Å². The lowest BCUT2D eigenvalue weighted by Crippen LogP contribution is -2.15. The number of rotatable bonds is 4. The van der Waals surface area contributed by atoms with Gasteiger partial charge in [-0.3, -0.25) is 9.48 Å². The van der Waals surface area contributed by atoms with Gasteiger partial charge in [0.05, 0.1) is 4.47 Å². The zero-order valence-electron chi connectivity index (χ0n) is 11.2. The van der Waals surface area contributed by atoms with Crippen molar-refractivity contribution in [1.29, 1.82) is 0 Å². The molecule has 0 saturated carbocycles. The van der Waals surface area contributed by atoms with Crippen LogP contribution < -0.4 is 5.32 Å². The lowest BCUT2D eigenvalue weighted by molar-refractivity contribution is 0.101. The van der Waals surface area contributed by atoms with Crippen molar-refractivity contribution in [2.75, 3.05) is 5.32 Å². The maximum atomic E-state index is 12.2. The molecule has 8 nitrogen and oxygen atoms in total. The first-order valence-electron chi connectivity index (χ1n) is 6.39. The van der Waals surface area contributed by atoms with Gasteiger partial charge in [-0.05, 0) is 28.4 Å². The van der Waals surface area contributed by atoms with Crippen molar-refractivity contribution in [3.63, 3.8) is 0 Å². The van der Waals surface area contributed by atoms with Gasteiger partial charge in [-0.15, -0.1) is 5.10 Å². The fourth-order valence-electron chi connectivity index (χ4n) is 1.82. The van der Waals surface area contributed by atoms with Crippen LogP contribution >= 0.6 is 15.9 Å². The zero-order chi connectivity index (χ0) is 14.8. The van der Waals surface area contributed by atoms with Crippen molar-refractivity contribution in [3.05, 3.63) is 35.0 Å². The predicted molar refractivity (Wildman–Crippen MR) is 79.0 cm³/mol. The summed E-state index contributed by atoms with van der Waals surface area (Å²) in [5.41, 5.74) is 0. The van der Waals surface area contributed by atoms with Crippen LogP contribution in [0.1, 0.15) is 24.0 Å². The molecule has 21 heavy (non-hydrogen) atoms. The summed E-state index contributed by atoms with van der Waals surface area (Å²) in [6, 6.07) is 1.71. The van der Waals surface area contributed by atoms with Gasteiger partial charge in [0, 0.05) is 25.1 Å². The molecule has 0 aliphatic rings. The number of aryl methyl sites for hydroxylation is 1. The first-order chi connectivity index (χ1) is 10.2. The van der Waals surface area contributed by atoms with Crippen LogP contribution in [-0.2, 0) is 6.54 Å². The quantitative estimate of drug-likeness (QED) is 0.774. The van der Waals surface area contributed by atoms with Crippen LogP contribution in [0.3, 0.4) is 0 Å². The number of nitrogens with one attached hydrogen (secondary N) is 1. The van der Waals surface area contributed by atoms with Crippen LogP contribution in [-0.4, -0.2) is 35.3 Å². The Kier molecular flexibility index (Phi) is 3.65. The molecule has 3 aromatic rings. The summed E-state index contributed by atoms with van der Waals surface area (Å²) in [4.78, 5) is 20.2. The Labute approximate surface area is 128 Å². The van der Waals surface area contributed by atoms with Crippen LogP contribution in [0, 0.1) is 0 Å². The molecule has 9 heteroatoms. The Morgan fingerprint density at radius 2 is 2.29 bits per heavy atom. The standard InChI is InChI=1S/C12H12BrN7O/c1-2-5-19-7-8(13)9(17-19)15-11(21)10-16-12-14-4-3-6-20(12)18-10/h3-4,6-7H,2,5H2,1H3,(H,15,17,21). The minimum atomic E-state index is -0.428. The highest BCUT2D eigenvalue weighted by Crippen LogP contribution is 2.20. The van der Waals surface area contributed by atoms with Gasteiger partial charge in [0.25, 0.3) is 11.7 Å². The van der Waals surface area contributed by atoms with Gasteiger partial charge in [-0.1, -0.05) is 6.92 Å². The molecule has 0 aliphatic heterocycles. The number of carbonyl (C=O) groups is 1. The molecule has 0 saturated heterocycles. The van der Waals surface area contributed by atoms with Gasteiger partial charge < -0.3 is 5.32 Å². The van der Waals surface area contributed by atoms with E-state index in [-0.39, 0.29) is 5.82 Å². The van der Waals surface area contributed by atoms with E-state index < -0.39 is 5.91 Å². The molecule has 0 spiro atoms. The summed E-state index contributed by atoms with van der Waals surface area (Å²) in [6.07, 6.45) is 6.05. The average Bonchev–Trinajstić information content (AvgIpc) is 3.03. The molecule has 0 radical (unpaired) electrons. The van der Waals surface area contributed by atoms with Crippen molar-refractivity contribution < 1.29 is 4.79 Å². The molecule has 3 aromatic heterocycles. The molecule has 0 aliphatic carbocycles. The fraction of sp³-hybridized carbons (Fsp3) is 0.250. The van der Waals surface area contributed by atoms with Gasteiger partial charge in [0.2, 0.25) is 5.82 Å². The van der Waals surface area contributed by atoms with Crippen molar-refractivity contribution in [2.24, 2.45) is 0 Å². The van der Waals surface area contributed by atoms with Gasteiger partial charge >= 0.3 is 0 Å². The molecule has 0 bridgehead atoms. The molecule has 108 valence electrons. The van der Waals surface area contributed by atoms with Crippen LogP contribution in [0.25, 0.3) is 5.78 Å². The molecule has 0 unspecified atom stereocenters. The Hall–Kier alpha value is -2.29. The van der Waals surface area contributed by atoms with Crippen LogP contribution in [0.5, 0.6) is 0 Å². The molecule has 3 rings (SSSR count). The summed E-state index contributed by atoms with van der Waals surface area (Å²) >= 11 is 3.37. The maximum absolute atomic E-state index is 12.2. The molecular weight excluding hydrogens is 338 g/mol. The van der Waals surface area contributed by atoms with Gasteiger partial charge in [-0.2, -0.15) is 10.1 Å². The second-order valence-electron chi connectivity index (χ2n) is 4.34. The van der Waals surface area contributed by atoms with E-state index in [4.69, 9.17) is 0 Å². The summed E-state index contributed by atoms with van der Waals surface area (Å²) in [5.74, 6) is 0.437. The van der Waals surface area contributed by atoms with Crippen molar-refractivity contribution >= 4 is 33.4 Å². The molecule has 1 N–H and O–H groups in total. The van der Waals surface area contributed by atoms with Crippen LogP contribution in [0.4, 0.5) is 5.82 Å². The molecular formula is C12H12BrN7O. The average molecular weight is 350 g/mol. The lowest BCUT2D eigenvalue weighted by atomic mass is 10.5. The number of amides is 1. The number of anilines is 1. The highest BCUT2D eigenvalue weighted by Gasteiger charge is 2.16. The zero-order valence-corrected chi connectivity index (χ0v) is 12.8. The number of carbonyl (C=O) groups excluding carboxylic acids is 1. The van der Waals surface area contributed by atoms with Crippen molar-refractivity contribution in [3.8, 4) is 0 Å². The van der Waals surface area contributed by atoms with E-state index in [2.05, 4.69) is 48.3 Å². The summed E-state index contributed by atoms with van der Waals surface area (Å²) < 4.78 is 3.92. The highest BCUT2D eigenvalue weighted by molar-refractivity contribution is 9.10. The van der Waals surface area contributed by atoms with Gasteiger partial charge in [0.15, 0.2) is 5.82 Å². The maximum Gasteiger partial charge on any atom is 0.296 e. The third-order valence-electron chi connectivity index (χ3n) is 2.72. The Bertz CT molecular complexity index is 761. The number of aromatic nitrogens is 6. The lowest BCUT2D eigenvalue weighted by Gasteiger charge is -1.98. The number of hydrogen-bond donors (Lipinski definition) is 1. The summed E-state index contributed by atoms with van der Waals surface area (Å²) in [6.45, 7) is 2.84. The second kappa shape index (κ2) is 5.60. The normalized spacial score (nSPS) is 11.0. The van der Waals surface area contributed by atoms with Gasteiger partial charge in [-0.25, -0.2) is 9.50 Å². The molecule has 0 atom stereocenters. The minimum Gasteiger partial charge on any atom is -0.301 e. The summed E-state index contributed by atoms with van der Waals surface area (Å²) in [5, 5.41) is 11.0. The fourth-order valence-corrected chi connectivity index (χ4v) is 2.23. The van der Waals surface area contributed by atoms with Crippen molar-refractivity contribution in [2.45, 2.75) is 19.9 Å². The monoisotopic (exact) mass is 349 g/mol.